The molecule has 1 fully saturated rings. The largest absolute Gasteiger partial charge is 0.372 e. The van der Waals surface area contributed by atoms with Crippen LogP contribution in [-0.4, -0.2) is 49.0 Å². The molecular weight excluding hydrogens is 659 g/mol. The summed E-state index contributed by atoms with van der Waals surface area (Å²) in [4.78, 5) is 58.4. The summed E-state index contributed by atoms with van der Waals surface area (Å²) in [5.41, 5.74) is 3.64. The van der Waals surface area contributed by atoms with Gasteiger partial charge >= 0.3 is 4.87 Å². The molecule has 11 nitrogen and oxygen atoms in total. The molecule has 47 heavy (non-hydrogen) atoms. The number of nitrogens with two attached hydrogens (primary N) is 1. The Morgan fingerprint density at radius 3 is 2.15 bits per heavy atom. The Labute approximate surface area is 280 Å². The van der Waals surface area contributed by atoms with Gasteiger partial charge in [-0.25, -0.2) is 18.5 Å². The number of carbonyl (C=O) groups excluding carboxylic acids is 3. The molecule has 0 bridgehead atoms. The number of thiazole rings is 1. The van der Waals surface area contributed by atoms with Crippen LogP contribution in [0.25, 0.3) is 0 Å². The molecular formula is C33H33N5O6S3. The van der Waals surface area contributed by atoms with Crippen molar-refractivity contribution in [2.75, 3.05) is 28.2 Å². The lowest BCUT2D eigenvalue weighted by Gasteiger charge is -2.31. The van der Waals surface area contributed by atoms with E-state index >= 15 is 0 Å². The average molecular weight is 692 g/mol. The van der Waals surface area contributed by atoms with Gasteiger partial charge in [0.15, 0.2) is 0 Å². The lowest BCUT2D eigenvalue weighted by atomic mass is 9.83. The van der Waals surface area contributed by atoms with E-state index in [-0.39, 0.29) is 28.1 Å². The second-order valence-corrected chi connectivity index (χ2v) is 15.1. The Balaban J connectivity index is 1.38. The van der Waals surface area contributed by atoms with Gasteiger partial charge in [0, 0.05) is 35.3 Å². The van der Waals surface area contributed by atoms with E-state index in [1.807, 2.05) is 43.3 Å². The van der Waals surface area contributed by atoms with Gasteiger partial charge < -0.3 is 10.2 Å². The number of amides is 3. The average Bonchev–Trinajstić information content (AvgIpc) is 3.48. The second kappa shape index (κ2) is 12.8. The first-order chi connectivity index (χ1) is 22.4. The Kier molecular flexibility index (Phi) is 8.87. The smallest absolute Gasteiger partial charge is 0.308 e. The van der Waals surface area contributed by atoms with Crippen LogP contribution in [0.1, 0.15) is 35.8 Å². The number of sulfonamides is 1. The lowest BCUT2D eigenvalue weighted by molar-refractivity contribution is -0.122. The fourth-order valence-electron chi connectivity index (χ4n) is 6.12. The number of aromatic nitrogens is 1. The van der Waals surface area contributed by atoms with Crippen molar-refractivity contribution in [2.24, 2.45) is 11.1 Å². The fraction of sp³-hybridized carbons (Fsp3) is 0.273. The van der Waals surface area contributed by atoms with Crippen LogP contribution < -0.4 is 25.1 Å². The first-order valence-electron chi connectivity index (χ1n) is 15.0. The number of aryl methyl sites for hydroxylation is 1. The summed E-state index contributed by atoms with van der Waals surface area (Å²) in [5, 5.41) is 7.52. The zero-order chi connectivity index (χ0) is 33.6. The van der Waals surface area contributed by atoms with Crippen LogP contribution >= 0.6 is 23.1 Å². The van der Waals surface area contributed by atoms with Crippen molar-refractivity contribution in [3.05, 3.63) is 98.5 Å². The molecule has 6 rings (SSSR count). The minimum absolute atomic E-state index is 0.101. The molecule has 244 valence electrons. The van der Waals surface area contributed by atoms with E-state index in [1.165, 1.54) is 33.7 Å². The summed E-state index contributed by atoms with van der Waals surface area (Å²) in [7, 11) is -3.90. The Morgan fingerprint density at radius 2 is 1.55 bits per heavy atom. The predicted octanol–water partition coefficient (Wildman–Crippen LogP) is 4.15. The molecule has 14 heteroatoms. The Morgan fingerprint density at radius 1 is 0.915 bits per heavy atom. The van der Waals surface area contributed by atoms with Gasteiger partial charge in [0.2, 0.25) is 27.7 Å². The van der Waals surface area contributed by atoms with Crippen molar-refractivity contribution in [3.63, 3.8) is 0 Å². The van der Waals surface area contributed by atoms with Crippen molar-refractivity contribution in [1.82, 2.24) is 4.57 Å². The molecule has 3 heterocycles. The fourth-order valence-corrected chi connectivity index (χ4v) is 9.40. The van der Waals surface area contributed by atoms with E-state index in [4.69, 9.17) is 5.14 Å². The maximum atomic E-state index is 14.1. The van der Waals surface area contributed by atoms with E-state index in [0.29, 0.717) is 21.3 Å². The summed E-state index contributed by atoms with van der Waals surface area (Å²) in [6.45, 7) is 7.38. The van der Waals surface area contributed by atoms with Crippen molar-refractivity contribution < 1.29 is 22.8 Å². The van der Waals surface area contributed by atoms with Crippen LogP contribution in [0.2, 0.25) is 0 Å². The quantitative estimate of drug-likeness (QED) is 0.249. The Hall–Kier alpha value is -4.24. The minimum Gasteiger partial charge on any atom is -0.372 e. The number of anilines is 3. The number of primary sulfonamides is 1. The first-order valence-corrected chi connectivity index (χ1v) is 18.3. The van der Waals surface area contributed by atoms with E-state index in [9.17, 15) is 27.6 Å². The van der Waals surface area contributed by atoms with Crippen LogP contribution in [0.5, 0.6) is 0 Å². The van der Waals surface area contributed by atoms with E-state index in [2.05, 4.69) is 24.1 Å². The predicted molar refractivity (Wildman–Crippen MR) is 184 cm³/mol. The van der Waals surface area contributed by atoms with Gasteiger partial charge in [-0.2, -0.15) is 0 Å². The zero-order valence-electron chi connectivity index (χ0n) is 25.9. The van der Waals surface area contributed by atoms with Crippen LogP contribution in [-0.2, 0) is 31.0 Å². The molecule has 3 aromatic carbocycles. The van der Waals surface area contributed by atoms with Crippen LogP contribution in [0.4, 0.5) is 17.1 Å². The molecule has 3 atom stereocenters. The molecule has 0 saturated carbocycles. The van der Waals surface area contributed by atoms with Gasteiger partial charge in [0.05, 0.1) is 21.5 Å². The highest BCUT2D eigenvalue weighted by molar-refractivity contribution is 8.00. The lowest BCUT2D eigenvalue weighted by Crippen LogP contribution is -2.33. The first kappa shape index (κ1) is 32.7. The number of imide groups is 1. The van der Waals surface area contributed by atoms with Crippen molar-refractivity contribution in [1.29, 1.82) is 0 Å². The molecule has 3 amide bonds. The summed E-state index contributed by atoms with van der Waals surface area (Å²) in [6, 6.07) is 20.5. The van der Waals surface area contributed by atoms with Crippen molar-refractivity contribution in [2.45, 2.75) is 48.4 Å². The van der Waals surface area contributed by atoms with E-state index < -0.39 is 33.0 Å². The van der Waals surface area contributed by atoms with Gasteiger partial charge in [-0.05, 0) is 74.9 Å². The summed E-state index contributed by atoms with van der Waals surface area (Å²) < 4.78 is 24.5. The van der Waals surface area contributed by atoms with Gasteiger partial charge in [0.1, 0.15) is 11.8 Å². The van der Waals surface area contributed by atoms with E-state index in [1.54, 1.807) is 12.1 Å². The van der Waals surface area contributed by atoms with Crippen molar-refractivity contribution >= 4 is 67.9 Å². The topological polar surface area (TPSA) is 152 Å². The van der Waals surface area contributed by atoms with Crippen molar-refractivity contribution in [3.8, 4) is 0 Å². The Bertz CT molecular complexity index is 2020. The molecule has 1 saturated heterocycles. The normalized spacial score (nSPS) is 19.0. The number of benzene rings is 3. The second-order valence-electron chi connectivity index (χ2n) is 11.4. The SMILES string of the molecule is CCN(CC)c1ccc([C@H]2c3sc(=O)n(CC(=O)Nc4ccc(S(N)(=O)=O)cc4)c3SC3C(=O)N(c4ccc(C)cc4)C(=O)C32)cc1. The number of thioether (sulfide) groups is 1. The highest BCUT2D eigenvalue weighted by atomic mass is 32.2. The minimum atomic E-state index is -3.90. The number of nitrogens with one attached hydrogen (secondary N) is 1. The number of rotatable bonds is 9. The van der Waals surface area contributed by atoms with E-state index in [0.717, 1.165) is 53.0 Å². The highest BCUT2D eigenvalue weighted by Crippen LogP contribution is 2.54. The molecule has 2 unspecified atom stereocenters. The third kappa shape index (κ3) is 6.13. The summed E-state index contributed by atoms with van der Waals surface area (Å²) in [6.07, 6.45) is 0. The monoisotopic (exact) mass is 691 g/mol. The highest BCUT2D eigenvalue weighted by Gasteiger charge is 2.56. The maximum Gasteiger partial charge on any atom is 0.308 e. The number of fused-ring (bicyclic) bond motifs is 2. The number of hydrogen-bond donors (Lipinski definition) is 2. The van der Waals surface area contributed by atoms with Gasteiger partial charge in [0.25, 0.3) is 0 Å². The number of nitrogens with zero attached hydrogens (tertiary/aromatic N) is 3. The van der Waals surface area contributed by atoms with Gasteiger partial charge in [-0.1, -0.05) is 52.9 Å². The third-order valence-corrected chi connectivity index (χ3v) is 12.0. The number of carbonyl (C=O) groups is 3. The third-order valence-electron chi connectivity index (χ3n) is 8.49. The standard InChI is InChI=1S/C33H33N5O6S3/c1-4-36(5-2)22-14-8-20(9-15-22)26-27-28(31(41)38(30(27)40)23-12-6-19(3)7-13-23)45-32-29(26)46-33(42)37(32)18-25(39)35-21-10-16-24(17-11-21)47(34,43)44/h6-17,26-28H,4-5,18H2,1-3H3,(H,35,39)(H2,34,43,44)/t26-,27?,28?/m1/s1. The maximum absolute atomic E-state index is 14.1. The zero-order valence-corrected chi connectivity index (χ0v) is 28.3. The van der Waals surface area contributed by atoms with Crippen LogP contribution in [0, 0.1) is 12.8 Å². The summed E-state index contributed by atoms with van der Waals surface area (Å²) in [5.74, 6) is -2.55. The molecule has 0 spiro atoms. The van der Waals surface area contributed by atoms with Crippen LogP contribution in [0.3, 0.4) is 0 Å². The molecule has 0 radical (unpaired) electrons. The molecule has 2 aliphatic rings. The molecule has 1 aromatic heterocycles. The van der Waals surface area contributed by atoms with Gasteiger partial charge in [-0.15, -0.1) is 0 Å². The summed E-state index contributed by atoms with van der Waals surface area (Å²) >= 11 is 2.12. The van der Waals surface area contributed by atoms with Gasteiger partial charge in [-0.3, -0.25) is 23.7 Å². The molecule has 3 N–H and O–H groups in total. The molecule has 2 aliphatic heterocycles. The molecule has 0 aliphatic carbocycles. The van der Waals surface area contributed by atoms with Crippen LogP contribution in [0.15, 0.2) is 87.5 Å². The molecule has 4 aromatic rings. The number of hydrogen-bond acceptors (Lipinski definition) is 9.